The number of rotatable bonds is 3. The molecule has 4 aromatic rings. The second-order valence-corrected chi connectivity index (χ2v) is 7.80. The highest BCUT2D eigenvalue weighted by molar-refractivity contribution is 9.10. The van der Waals surface area contributed by atoms with Crippen molar-refractivity contribution in [3.8, 4) is 11.3 Å². The third kappa shape index (κ3) is 3.66. The Labute approximate surface area is 176 Å². The van der Waals surface area contributed by atoms with Crippen LogP contribution in [0.4, 0.5) is 5.69 Å². The normalized spacial score (nSPS) is 10.8. The second kappa shape index (κ2) is 7.74. The zero-order chi connectivity index (χ0) is 19.7. The van der Waals surface area contributed by atoms with Gasteiger partial charge in [0, 0.05) is 15.4 Å². The molecule has 1 aromatic heterocycles. The molecule has 4 rings (SSSR count). The van der Waals surface area contributed by atoms with Gasteiger partial charge in [-0.05, 0) is 42.8 Å². The Kier molecular flexibility index (Phi) is 5.16. The number of amides is 1. The van der Waals surface area contributed by atoms with Crippen LogP contribution >= 0.6 is 27.5 Å². The van der Waals surface area contributed by atoms with Gasteiger partial charge in [-0.3, -0.25) is 4.79 Å². The third-order valence-corrected chi connectivity index (χ3v) is 5.29. The van der Waals surface area contributed by atoms with Crippen molar-refractivity contribution in [3.63, 3.8) is 0 Å². The van der Waals surface area contributed by atoms with Crippen LogP contribution in [0.3, 0.4) is 0 Å². The molecule has 1 N–H and O–H groups in total. The molecule has 0 atom stereocenters. The number of pyridine rings is 1. The minimum atomic E-state index is -0.227. The van der Waals surface area contributed by atoms with E-state index < -0.39 is 0 Å². The van der Waals surface area contributed by atoms with Crippen molar-refractivity contribution in [2.75, 3.05) is 5.32 Å². The fraction of sp³-hybridized carbons (Fsp3) is 0.0435. The van der Waals surface area contributed by atoms with Crippen LogP contribution in [0.5, 0.6) is 0 Å². The molecule has 28 heavy (non-hydrogen) atoms. The summed E-state index contributed by atoms with van der Waals surface area (Å²) in [6.07, 6.45) is 0. The molecule has 0 radical (unpaired) electrons. The summed E-state index contributed by atoms with van der Waals surface area (Å²) in [7, 11) is 0. The first kappa shape index (κ1) is 18.7. The van der Waals surface area contributed by atoms with Crippen LogP contribution in [0.15, 0.2) is 77.3 Å². The first-order valence-electron chi connectivity index (χ1n) is 8.75. The minimum Gasteiger partial charge on any atom is -0.321 e. The predicted octanol–water partition coefficient (Wildman–Crippen LogP) is 6.88. The maximum atomic E-state index is 13.2. The third-order valence-electron chi connectivity index (χ3n) is 4.50. The summed E-state index contributed by atoms with van der Waals surface area (Å²) in [5.41, 5.74) is 4.63. The molecule has 0 aliphatic rings. The smallest absolute Gasteiger partial charge is 0.256 e. The van der Waals surface area contributed by atoms with Gasteiger partial charge >= 0.3 is 0 Å². The first-order valence-corrected chi connectivity index (χ1v) is 9.92. The number of benzene rings is 3. The number of carbonyl (C=O) groups excluding carboxylic acids is 1. The number of fused-ring (bicyclic) bond motifs is 1. The molecule has 1 heterocycles. The zero-order valence-electron chi connectivity index (χ0n) is 15.0. The average Bonchev–Trinajstić information content (AvgIpc) is 2.69. The van der Waals surface area contributed by atoms with Crippen LogP contribution in [0.2, 0.25) is 5.02 Å². The zero-order valence-corrected chi connectivity index (χ0v) is 17.4. The highest BCUT2D eigenvalue weighted by Crippen LogP contribution is 2.30. The van der Waals surface area contributed by atoms with Gasteiger partial charge in [0.15, 0.2) is 0 Å². The van der Waals surface area contributed by atoms with E-state index in [9.17, 15) is 4.79 Å². The van der Waals surface area contributed by atoms with Gasteiger partial charge in [0.05, 0.1) is 27.5 Å². The number of hydrogen-bond donors (Lipinski definition) is 1. The lowest BCUT2D eigenvalue weighted by Gasteiger charge is -2.13. The number of nitrogens with one attached hydrogen (secondary N) is 1. The number of carbonyl (C=O) groups is 1. The first-order chi connectivity index (χ1) is 13.5. The Morgan fingerprint density at radius 1 is 1.00 bits per heavy atom. The van der Waals surface area contributed by atoms with E-state index in [1.807, 2.05) is 67.6 Å². The van der Waals surface area contributed by atoms with E-state index >= 15 is 0 Å². The lowest BCUT2D eigenvalue weighted by Crippen LogP contribution is -2.13. The van der Waals surface area contributed by atoms with Gasteiger partial charge in [-0.15, -0.1) is 0 Å². The van der Waals surface area contributed by atoms with Gasteiger partial charge in [-0.2, -0.15) is 0 Å². The van der Waals surface area contributed by atoms with Crippen LogP contribution in [-0.4, -0.2) is 10.9 Å². The van der Waals surface area contributed by atoms with Crippen molar-refractivity contribution < 1.29 is 4.79 Å². The number of aryl methyl sites for hydroxylation is 1. The fourth-order valence-corrected chi connectivity index (χ4v) is 3.91. The topological polar surface area (TPSA) is 42.0 Å². The number of nitrogens with zero attached hydrogens (tertiary/aromatic N) is 1. The molecular weight excluding hydrogens is 436 g/mol. The molecule has 0 aliphatic heterocycles. The number of hydrogen-bond acceptors (Lipinski definition) is 2. The van der Waals surface area contributed by atoms with Gasteiger partial charge in [0.25, 0.3) is 5.91 Å². The van der Waals surface area contributed by atoms with Crippen LogP contribution in [0.1, 0.15) is 15.9 Å². The van der Waals surface area contributed by atoms with Crippen LogP contribution in [0, 0.1) is 6.92 Å². The van der Waals surface area contributed by atoms with E-state index in [0.717, 1.165) is 32.2 Å². The second-order valence-electron chi connectivity index (χ2n) is 6.47. The van der Waals surface area contributed by atoms with Crippen LogP contribution < -0.4 is 5.32 Å². The lowest BCUT2D eigenvalue weighted by molar-refractivity contribution is 0.102. The summed E-state index contributed by atoms with van der Waals surface area (Å²) in [5.74, 6) is -0.227. The van der Waals surface area contributed by atoms with Crippen molar-refractivity contribution >= 4 is 50.0 Å². The van der Waals surface area contributed by atoms with Crippen LogP contribution in [0.25, 0.3) is 22.2 Å². The SMILES string of the molecule is Cc1cc(Br)cc2c(C(=O)Nc3ccccc3Cl)cc(-c3ccccc3)nc12. The summed E-state index contributed by atoms with van der Waals surface area (Å²) < 4.78 is 0.901. The number of halogens is 2. The van der Waals surface area contributed by atoms with Gasteiger partial charge in [0.1, 0.15) is 0 Å². The van der Waals surface area contributed by atoms with Crippen molar-refractivity contribution in [2.45, 2.75) is 6.92 Å². The summed E-state index contributed by atoms with van der Waals surface area (Å²) in [4.78, 5) is 18.0. The van der Waals surface area contributed by atoms with E-state index in [4.69, 9.17) is 16.6 Å². The highest BCUT2D eigenvalue weighted by Gasteiger charge is 2.17. The Balaban J connectivity index is 1.90. The lowest BCUT2D eigenvalue weighted by atomic mass is 10.0. The molecule has 0 aliphatic carbocycles. The Morgan fingerprint density at radius 3 is 2.46 bits per heavy atom. The van der Waals surface area contributed by atoms with E-state index in [-0.39, 0.29) is 5.91 Å². The molecular formula is C23H16BrClN2O. The standard InChI is InChI=1S/C23H16BrClN2O/c1-14-11-16(24)12-17-18(23(28)27-20-10-6-5-9-19(20)25)13-21(26-22(14)17)15-7-3-2-4-8-15/h2-13H,1H3,(H,27,28). The Hall–Kier alpha value is -2.69. The largest absolute Gasteiger partial charge is 0.321 e. The Bertz CT molecular complexity index is 1190. The predicted molar refractivity (Wildman–Crippen MR) is 119 cm³/mol. The van der Waals surface area contributed by atoms with Gasteiger partial charge in [-0.25, -0.2) is 4.98 Å². The molecule has 1 amide bonds. The van der Waals surface area contributed by atoms with E-state index in [1.165, 1.54) is 0 Å². The van der Waals surface area contributed by atoms with Crippen molar-refractivity contribution in [3.05, 3.63) is 93.4 Å². The number of anilines is 1. The molecule has 0 fully saturated rings. The molecule has 3 nitrogen and oxygen atoms in total. The maximum absolute atomic E-state index is 13.2. The number of aromatic nitrogens is 1. The average molecular weight is 452 g/mol. The van der Waals surface area contributed by atoms with Crippen molar-refractivity contribution in [1.82, 2.24) is 4.98 Å². The summed E-state index contributed by atoms with van der Waals surface area (Å²) in [6, 6.07) is 22.8. The highest BCUT2D eigenvalue weighted by atomic mass is 79.9. The van der Waals surface area contributed by atoms with Crippen molar-refractivity contribution in [2.24, 2.45) is 0 Å². The molecule has 138 valence electrons. The van der Waals surface area contributed by atoms with Gasteiger partial charge in [-0.1, -0.05) is 70.0 Å². The van der Waals surface area contributed by atoms with Gasteiger partial charge < -0.3 is 5.32 Å². The quantitative estimate of drug-likeness (QED) is 0.369. The van der Waals surface area contributed by atoms with E-state index in [0.29, 0.717) is 16.3 Å². The summed E-state index contributed by atoms with van der Waals surface area (Å²) in [6.45, 7) is 1.99. The molecule has 5 heteroatoms. The molecule has 0 unspecified atom stereocenters. The summed E-state index contributed by atoms with van der Waals surface area (Å²) >= 11 is 9.74. The minimum absolute atomic E-state index is 0.227. The Morgan fingerprint density at radius 2 is 1.71 bits per heavy atom. The van der Waals surface area contributed by atoms with Crippen molar-refractivity contribution in [1.29, 1.82) is 0 Å². The monoisotopic (exact) mass is 450 g/mol. The van der Waals surface area contributed by atoms with E-state index in [1.54, 1.807) is 12.1 Å². The number of para-hydroxylation sites is 1. The maximum Gasteiger partial charge on any atom is 0.256 e. The summed E-state index contributed by atoms with van der Waals surface area (Å²) in [5, 5.41) is 4.21. The molecule has 3 aromatic carbocycles. The molecule has 0 spiro atoms. The van der Waals surface area contributed by atoms with Crippen LogP contribution in [-0.2, 0) is 0 Å². The van der Waals surface area contributed by atoms with Gasteiger partial charge in [0.2, 0.25) is 0 Å². The fourth-order valence-electron chi connectivity index (χ4n) is 3.15. The molecule has 0 bridgehead atoms. The van der Waals surface area contributed by atoms with E-state index in [2.05, 4.69) is 21.2 Å². The molecule has 0 saturated carbocycles. The molecule has 0 saturated heterocycles.